The molecule has 0 unspecified atom stereocenters. The Bertz CT molecular complexity index is 837. The Balaban J connectivity index is 2.03. The summed E-state index contributed by atoms with van der Waals surface area (Å²) < 4.78 is 0. The zero-order chi connectivity index (χ0) is 17.5. The van der Waals surface area contributed by atoms with E-state index in [2.05, 4.69) is 10.3 Å². The van der Waals surface area contributed by atoms with E-state index < -0.39 is 0 Å². The second-order valence-electron chi connectivity index (χ2n) is 4.95. The van der Waals surface area contributed by atoms with E-state index >= 15 is 0 Å². The number of carbonyl (C=O) groups excluding carboxylic acids is 1. The number of benzene rings is 1. The van der Waals surface area contributed by atoms with Crippen LogP contribution in [0.25, 0.3) is 0 Å². The lowest BCUT2D eigenvalue weighted by molar-refractivity contribution is -0.118. The zero-order valence-corrected chi connectivity index (χ0v) is 13.9. The predicted molar refractivity (Wildman–Crippen MR) is 91.8 cm³/mol. The third kappa shape index (κ3) is 4.03. The van der Waals surface area contributed by atoms with Gasteiger partial charge in [0.25, 0.3) is 0 Å². The van der Waals surface area contributed by atoms with Crippen molar-refractivity contribution < 1.29 is 4.79 Å². The number of carbonyl (C=O) groups is 1. The number of nitriles is 2. The minimum Gasteiger partial charge on any atom is -0.383 e. The minimum absolute atomic E-state index is 0.0705. The first-order chi connectivity index (χ1) is 11.6. The van der Waals surface area contributed by atoms with Crippen molar-refractivity contribution in [1.82, 2.24) is 10.3 Å². The predicted octanol–water partition coefficient (Wildman–Crippen LogP) is 2.12. The Morgan fingerprint density at radius 2 is 1.92 bits per heavy atom. The summed E-state index contributed by atoms with van der Waals surface area (Å²) in [6.45, 7) is 2.09. The largest absolute Gasteiger partial charge is 0.383 e. The Morgan fingerprint density at radius 3 is 2.54 bits per heavy atom. The molecule has 0 fully saturated rings. The molecule has 0 aliphatic carbocycles. The van der Waals surface area contributed by atoms with Gasteiger partial charge in [0.15, 0.2) is 0 Å². The Hall–Kier alpha value is -3.03. The highest BCUT2D eigenvalue weighted by atomic mass is 32.2. The van der Waals surface area contributed by atoms with E-state index in [9.17, 15) is 10.1 Å². The number of nitrogens with one attached hydrogen (secondary N) is 1. The van der Waals surface area contributed by atoms with E-state index in [1.165, 1.54) is 0 Å². The lowest BCUT2D eigenvalue weighted by atomic mass is 10.1. The molecular weight excluding hydrogens is 322 g/mol. The summed E-state index contributed by atoms with van der Waals surface area (Å²) in [7, 11) is 0. The van der Waals surface area contributed by atoms with Crippen molar-refractivity contribution in [2.45, 2.75) is 18.5 Å². The van der Waals surface area contributed by atoms with Gasteiger partial charge in [0.2, 0.25) is 5.91 Å². The van der Waals surface area contributed by atoms with Gasteiger partial charge in [0, 0.05) is 6.54 Å². The molecule has 0 aliphatic rings. The molecular formula is C17H15N5OS. The van der Waals surface area contributed by atoms with E-state index in [1.807, 2.05) is 42.5 Å². The van der Waals surface area contributed by atoms with E-state index in [1.54, 1.807) is 6.92 Å². The van der Waals surface area contributed by atoms with Gasteiger partial charge in [-0.05, 0) is 18.1 Å². The molecule has 0 saturated heterocycles. The van der Waals surface area contributed by atoms with Gasteiger partial charge in [-0.25, -0.2) is 4.98 Å². The highest BCUT2D eigenvalue weighted by Crippen LogP contribution is 2.27. The van der Waals surface area contributed by atoms with E-state index in [0.717, 1.165) is 17.3 Å². The Labute approximate surface area is 144 Å². The second kappa shape index (κ2) is 8.00. The average Bonchev–Trinajstić information content (AvgIpc) is 2.59. The summed E-state index contributed by atoms with van der Waals surface area (Å²) >= 11 is 1.13. The lowest BCUT2D eigenvalue weighted by Crippen LogP contribution is -2.24. The Morgan fingerprint density at radius 1 is 1.25 bits per heavy atom. The van der Waals surface area contributed by atoms with Gasteiger partial charge in [0.05, 0.1) is 16.9 Å². The van der Waals surface area contributed by atoms with Gasteiger partial charge in [-0.15, -0.1) is 0 Å². The van der Waals surface area contributed by atoms with E-state index in [-0.39, 0.29) is 28.6 Å². The number of hydrogen-bond donors (Lipinski definition) is 2. The number of amides is 1. The molecule has 1 aromatic heterocycles. The molecule has 0 aliphatic heterocycles. The molecule has 7 heteroatoms. The second-order valence-corrected chi connectivity index (χ2v) is 5.92. The van der Waals surface area contributed by atoms with Crippen LogP contribution in [0.3, 0.4) is 0 Å². The summed E-state index contributed by atoms with van der Waals surface area (Å²) in [5, 5.41) is 21.5. The van der Waals surface area contributed by atoms with Gasteiger partial charge < -0.3 is 11.1 Å². The fraction of sp³-hybridized carbons (Fsp3) is 0.176. The van der Waals surface area contributed by atoms with Gasteiger partial charge in [-0.1, -0.05) is 42.1 Å². The first-order valence-electron chi connectivity index (χ1n) is 7.10. The zero-order valence-electron chi connectivity index (χ0n) is 13.0. The first kappa shape index (κ1) is 17.3. The molecule has 1 heterocycles. The third-order valence-corrected chi connectivity index (χ3v) is 4.31. The number of nitrogens with two attached hydrogens (primary N) is 1. The van der Waals surface area contributed by atoms with Crippen LogP contribution in [0.15, 0.2) is 35.4 Å². The quantitative estimate of drug-likeness (QED) is 0.807. The van der Waals surface area contributed by atoms with Crippen LogP contribution in [0.5, 0.6) is 0 Å². The van der Waals surface area contributed by atoms with Crippen molar-refractivity contribution in [3.05, 3.63) is 52.6 Å². The Kier molecular flexibility index (Phi) is 5.78. The van der Waals surface area contributed by atoms with Gasteiger partial charge >= 0.3 is 0 Å². The molecule has 1 aromatic carbocycles. The maximum absolute atomic E-state index is 12.0. The summed E-state index contributed by atoms with van der Waals surface area (Å²) in [6.07, 6.45) is 0. The van der Waals surface area contributed by atoms with Crippen molar-refractivity contribution in [1.29, 1.82) is 10.5 Å². The summed E-state index contributed by atoms with van der Waals surface area (Å²) in [4.78, 5) is 16.0. The number of hydrogen-bond acceptors (Lipinski definition) is 6. The van der Waals surface area contributed by atoms with Crippen LogP contribution in [0.2, 0.25) is 0 Å². The van der Waals surface area contributed by atoms with Crippen LogP contribution in [-0.2, 0) is 11.3 Å². The molecule has 6 nitrogen and oxygen atoms in total. The molecule has 0 spiro atoms. The lowest BCUT2D eigenvalue weighted by Gasteiger charge is -2.09. The molecule has 24 heavy (non-hydrogen) atoms. The molecule has 0 radical (unpaired) electrons. The van der Waals surface area contributed by atoms with Crippen LogP contribution < -0.4 is 11.1 Å². The van der Waals surface area contributed by atoms with Gasteiger partial charge in [-0.3, -0.25) is 4.79 Å². The normalized spacial score (nSPS) is 9.79. The minimum atomic E-state index is -0.171. The van der Waals surface area contributed by atoms with Crippen molar-refractivity contribution in [3.8, 4) is 12.1 Å². The van der Waals surface area contributed by atoms with E-state index in [4.69, 9.17) is 11.0 Å². The fourth-order valence-corrected chi connectivity index (χ4v) is 2.93. The third-order valence-electron chi connectivity index (χ3n) is 3.34. The topological polar surface area (TPSA) is 116 Å². The molecule has 0 atom stereocenters. The highest BCUT2D eigenvalue weighted by Gasteiger charge is 2.16. The molecule has 0 bridgehead atoms. The van der Waals surface area contributed by atoms with Crippen molar-refractivity contribution in [3.63, 3.8) is 0 Å². The molecule has 120 valence electrons. The smallest absolute Gasteiger partial charge is 0.230 e. The molecule has 1 amide bonds. The molecule has 3 N–H and O–H groups in total. The van der Waals surface area contributed by atoms with Crippen LogP contribution >= 0.6 is 11.8 Å². The summed E-state index contributed by atoms with van der Waals surface area (Å²) in [5.41, 5.74) is 7.71. The van der Waals surface area contributed by atoms with Crippen LogP contribution in [0, 0.1) is 29.6 Å². The van der Waals surface area contributed by atoms with Crippen molar-refractivity contribution >= 4 is 23.5 Å². The monoisotopic (exact) mass is 337 g/mol. The first-order valence-corrected chi connectivity index (χ1v) is 8.09. The van der Waals surface area contributed by atoms with Crippen molar-refractivity contribution in [2.24, 2.45) is 0 Å². The number of rotatable bonds is 5. The SMILES string of the molecule is Cc1c(C#N)c(N)nc(SCC(=O)NCc2ccccc2)c1C#N. The van der Waals surface area contributed by atoms with Crippen LogP contribution in [0.4, 0.5) is 5.82 Å². The number of nitrogens with zero attached hydrogens (tertiary/aromatic N) is 3. The van der Waals surface area contributed by atoms with Crippen LogP contribution in [0.1, 0.15) is 22.3 Å². The molecule has 2 rings (SSSR count). The summed E-state index contributed by atoms with van der Waals surface area (Å²) in [6, 6.07) is 13.5. The maximum Gasteiger partial charge on any atom is 0.230 e. The number of thioether (sulfide) groups is 1. The summed E-state index contributed by atoms with van der Waals surface area (Å²) in [5.74, 6) is 0.00978. The molecule has 0 saturated carbocycles. The number of aromatic nitrogens is 1. The van der Waals surface area contributed by atoms with Gasteiger partial charge in [0.1, 0.15) is 23.0 Å². The maximum atomic E-state index is 12.0. The van der Waals surface area contributed by atoms with E-state index in [0.29, 0.717) is 17.1 Å². The molecule has 2 aromatic rings. The number of anilines is 1. The highest BCUT2D eigenvalue weighted by molar-refractivity contribution is 8.00. The average molecular weight is 337 g/mol. The van der Waals surface area contributed by atoms with Crippen molar-refractivity contribution in [2.75, 3.05) is 11.5 Å². The number of pyridine rings is 1. The standard InChI is InChI=1S/C17H15N5OS/c1-11-13(7-18)16(20)22-17(14(11)8-19)24-10-15(23)21-9-12-5-3-2-4-6-12/h2-6H,9-10H2,1H3,(H2,20,22)(H,21,23). The van der Waals surface area contributed by atoms with Gasteiger partial charge in [-0.2, -0.15) is 10.5 Å². The van der Waals surface area contributed by atoms with Crippen LogP contribution in [-0.4, -0.2) is 16.6 Å². The number of nitrogen functional groups attached to an aromatic ring is 1. The fourth-order valence-electron chi connectivity index (χ4n) is 2.06.